The van der Waals surface area contributed by atoms with E-state index >= 15 is 0 Å². The Hall–Kier alpha value is -1.42. The predicted molar refractivity (Wildman–Crippen MR) is 110 cm³/mol. The van der Waals surface area contributed by atoms with Crippen LogP contribution in [-0.4, -0.2) is 28.6 Å². The van der Waals surface area contributed by atoms with Crippen LogP contribution in [0.5, 0.6) is 0 Å². The van der Waals surface area contributed by atoms with E-state index in [1.54, 1.807) is 6.07 Å². The molecule has 2 nitrogen and oxygen atoms in total. The molecule has 0 aliphatic rings. The summed E-state index contributed by atoms with van der Waals surface area (Å²) in [7, 11) is 0. The Morgan fingerprint density at radius 3 is 2.15 bits per heavy atom. The van der Waals surface area contributed by atoms with Crippen molar-refractivity contribution in [2.45, 2.75) is 58.7 Å². The van der Waals surface area contributed by atoms with Gasteiger partial charge in [0.1, 0.15) is 5.82 Å². The van der Waals surface area contributed by atoms with Crippen molar-refractivity contribution in [3.8, 4) is 11.1 Å². The van der Waals surface area contributed by atoms with E-state index in [1.807, 2.05) is 30.3 Å². The smallest absolute Gasteiger partial charge is 0.123 e. The second-order valence-electron chi connectivity index (χ2n) is 7.18. The molecule has 2 aromatic rings. The molecule has 0 aliphatic heterocycles. The van der Waals surface area contributed by atoms with Crippen LogP contribution in [0.25, 0.3) is 11.1 Å². The number of aliphatic hydroxyl groups excluding tert-OH is 1. The molecule has 4 heteroatoms. The predicted octanol–water partition coefficient (Wildman–Crippen LogP) is 5.85. The molecule has 2 rings (SSSR count). The summed E-state index contributed by atoms with van der Waals surface area (Å²) in [5, 5.41) is 10.7. The Balaban J connectivity index is 0.00000338. The fraction of sp³-hybridized carbons (Fsp3) is 0.455. The van der Waals surface area contributed by atoms with Gasteiger partial charge in [-0.2, -0.15) is 0 Å². The van der Waals surface area contributed by atoms with Gasteiger partial charge in [0.05, 0.1) is 6.10 Å². The van der Waals surface area contributed by atoms with Gasteiger partial charge in [0.25, 0.3) is 0 Å². The maximum absolute atomic E-state index is 13.7. The standard InChI is InChI=1S/C22H30FNO.ClH/c1-16(2)24(17(3)4)14-8-11-22(25)20-13-12-19(23)15-21(20)18-9-6-5-7-10-18;/h5-7,9-10,12-13,15-17,22,25H,8,11,14H2,1-4H3;1H. The van der Waals surface area contributed by atoms with E-state index in [-0.39, 0.29) is 18.2 Å². The van der Waals surface area contributed by atoms with Crippen LogP contribution in [0.3, 0.4) is 0 Å². The van der Waals surface area contributed by atoms with Crippen LogP contribution in [0, 0.1) is 5.82 Å². The van der Waals surface area contributed by atoms with Crippen LogP contribution in [0.1, 0.15) is 52.2 Å². The molecule has 0 bridgehead atoms. The number of hydrogen-bond acceptors (Lipinski definition) is 2. The van der Waals surface area contributed by atoms with Gasteiger partial charge in [-0.15, -0.1) is 12.4 Å². The largest absolute Gasteiger partial charge is 0.388 e. The topological polar surface area (TPSA) is 23.5 Å². The van der Waals surface area contributed by atoms with Crippen LogP contribution in [0.4, 0.5) is 4.39 Å². The lowest BCUT2D eigenvalue weighted by Gasteiger charge is -2.30. The lowest BCUT2D eigenvalue weighted by Crippen LogP contribution is -2.37. The summed E-state index contributed by atoms with van der Waals surface area (Å²) < 4.78 is 13.7. The zero-order chi connectivity index (χ0) is 18.4. The summed E-state index contributed by atoms with van der Waals surface area (Å²) in [5.41, 5.74) is 2.51. The first-order valence-corrected chi connectivity index (χ1v) is 9.18. The highest BCUT2D eigenvalue weighted by molar-refractivity contribution is 5.85. The maximum Gasteiger partial charge on any atom is 0.123 e. The molecule has 26 heavy (non-hydrogen) atoms. The molecule has 0 aliphatic carbocycles. The highest BCUT2D eigenvalue weighted by Gasteiger charge is 2.17. The van der Waals surface area contributed by atoms with Crippen molar-refractivity contribution in [2.24, 2.45) is 0 Å². The number of benzene rings is 2. The minimum Gasteiger partial charge on any atom is -0.388 e. The highest BCUT2D eigenvalue weighted by Crippen LogP contribution is 2.31. The van der Waals surface area contributed by atoms with Gasteiger partial charge in [0, 0.05) is 12.1 Å². The molecule has 0 fully saturated rings. The Kier molecular flexibility index (Phi) is 9.28. The van der Waals surface area contributed by atoms with E-state index in [0.29, 0.717) is 18.5 Å². The Morgan fingerprint density at radius 1 is 0.962 bits per heavy atom. The molecule has 0 saturated heterocycles. The Bertz CT molecular complexity index is 652. The van der Waals surface area contributed by atoms with Crippen molar-refractivity contribution in [1.82, 2.24) is 4.90 Å². The van der Waals surface area contributed by atoms with Gasteiger partial charge in [-0.05, 0) is 75.9 Å². The van der Waals surface area contributed by atoms with Gasteiger partial charge in [0.15, 0.2) is 0 Å². The number of halogens is 2. The molecule has 0 aromatic heterocycles. The van der Waals surface area contributed by atoms with Crippen LogP contribution >= 0.6 is 12.4 Å². The molecule has 0 amide bonds. The number of rotatable bonds is 8. The summed E-state index contributed by atoms with van der Waals surface area (Å²) in [5.74, 6) is -0.277. The molecular formula is C22H31ClFNO. The van der Waals surface area contributed by atoms with E-state index < -0.39 is 6.10 Å². The van der Waals surface area contributed by atoms with E-state index in [9.17, 15) is 9.50 Å². The Labute approximate surface area is 163 Å². The summed E-state index contributed by atoms with van der Waals surface area (Å²) >= 11 is 0. The van der Waals surface area contributed by atoms with Crippen molar-refractivity contribution < 1.29 is 9.50 Å². The first-order chi connectivity index (χ1) is 11.9. The summed E-state index contributed by atoms with van der Waals surface area (Å²) in [6.45, 7) is 9.75. The SMILES string of the molecule is CC(C)N(CCCC(O)c1ccc(F)cc1-c1ccccc1)C(C)C.Cl. The zero-order valence-corrected chi connectivity index (χ0v) is 17.0. The van der Waals surface area contributed by atoms with Crippen LogP contribution in [-0.2, 0) is 0 Å². The van der Waals surface area contributed by atoms with Crippen LogP contribution < -0.4 is 0 Å². The van der Waals surface area contributed by atoms with Crippen molar-refractivity contribution >= 4 is 12.4 Å². The quantitative estimate of drug-likeness (QED) is 0.622. The molecule has 2 aromatic carbocycles. The lowest BCUT2D eigenvalue weighted by molar-refractivity contribution is 0.135. The van der Waals surface area contributed by atoms with Gasteiger partial charge in [-0.3, -0.25) is 4.90 Å². The molecule has 0 radical (unpaired) electrons. The zero-order valence-electron chi connectivity index (χ0n) is 16.2. The molecule has 1 unspecified atom stereocenters. The average molecular weight is 380 g/mol. The second-order valence-corrected chi connectivity index (χ2v) is 7.18. The second kappa shape index (κ2) is 10.7. The van der Waals surface area contributed by atoms with Crippen molar-refractivity contribution in [1.29, 1.82) is 0 Å². The monoisotopic (exact) mass is 379 g/mol. The highest BCUT2D eigenvalue weighted by atomic mass is 35.5. The first-order valence-electron chi connectivity index (χ1n) is 9.18. The van der Waals surface area contributed by atoms with Gasteiger partial charge in [-0.1, -0.05) is 36.4 Å². The lowest BCUT2D eigenvalue weighted by atomic mass is 9.94. The minimum absolute atomic E-state index is 0. The van der Waals surface area contributed by atoms with E-state index in [2.05, 4.69) is 32.6 Å². The molecule has 0 saturated carbocycles. The summed E-state index contributed by atoms with van der Waals surface area (Å²) in [6, 6.07) is 15.3. The van der Waals surface area contributed by atoms with Crippen LogP contribution in [0.2, 0.25) is 0 Å². The molecular weight excluding hydrogens is 349 g/mol. The van der Waals surface area contributed by atoms with E-state index in [0.717, 1.165) is 29.7 Å². The molecule has 1 atom stereocenters. The maximum atomic E-state index is 13.7. The van der Waals surface area contributed by atoms with Gasteiger partial charge in [0.2, 0.25) is 0 Å². The van der Waals surface area contributed by atoms with Crippen molar-refractivity contribution in [2.75, 3.05) is 6.54 Å². The fourth-order valence-electron chi connectivity index (χ4n) is 3.42. The first kappa shape index (κ1) is 22.6. The summed E-state index contributed by atoms with van der Waals surface area (Å²) in [4.78, 5) is 2.43. The Morgan fingerprint density at radius 2 is 1.58 bits per heavy atom. The van der Waals surface area contributed by atoms with Gasteiger partial charge >= 0.3 is 0 Å². The number of nitrogens with zero attached hydrogens (tertiary/aromatic N) is 1. The molecule has 0 spiro atoms. The normalized spacial score (nSPS) is 12.5. The molecule has 1 N–H and O–H groups in total. The molecule has 144 valence electrons. The summed E-state index contributed by atoms with van der Waals surface area (Å²) in [6.07, 6.45) is 0.988. The fourth-order valence-corrected chi connectivity index (χ4v) is 3.42. The van der Waals surface area contributed by atoms with Gasteiger partial charge < -0.3 is 5.11 Å². The van der Waals surface area contributed by atoms with E-state index in [4.69, 9.17) is 0 Å². The third-order valence-electron chi connectivity index (χ3n) is 4.68. The number of aliphatic hydroxyl groups is 1. The number of hydrogen-bond donors (Lipinski definition) is 1. The van der Waals surface area contributed by atoms with Crippen molar-refractivity contribution in [3.05, 3.63) is 59.9 Å². The van der Waals surface area contributed by atoms with Gasteiger partial charge in [-0.25, -0.2) is 4.39 Å². The van der Waals surface area contributed by atoms with Crippen LogP contribution in [0.15, 0.2) is 48.5 Å². The minimum atomic E-state index is -0.586. The molecule has 0 heterocycles. The third-order valence-corrected chi connectivity index (χ3v) is 4.68. The van der Waals surface area contributed by atoms with Crippen molar-refractivity contribution in [3.63, 3.8) is 0 Å². The van der Waals surface area contributed by atoms with E-state index in [1.165, 1.54) is 12.1 Å². The average Bonchev–Trinajstić information content (AvgIpc) is 2.58. The third kappa shape index (κ3) is 6.08.